The highest BCUT2D eigenvalue weighted by atomic mass is 16.2. The molecule has 3 aromatic rings. The summed E-state index contributed by atoms with van der Waals surface area (Å²) >= 11 is 0. The van der Waals surface area contributed by atoms with Crippen LogP contribution in [-0.4, -0.2) is 18.7 Å². The van der Waals surface area contributed by atoms with Crippen molar-refractivity contribution in [3.05, 3.63) is 61.5 Å². The van der Waals surface area contributed by atoms with E-state index in [0.29, 0.717) is 5.69 Å². The molecule has 0 aliphatic heterocycles. The van der Waals surface area contributed by atoms with E-state index in [4.69, 9.17) is 5.84 Å². The number of hydrazine groups is 1. The maximum absolute atomic E-state index is 12.8. The zero-order valence-electron chi connectivity index (χ0n) is 12.5. The summed E-state index contributed by atoms with van der Waals surface area (Å²) in [6.07, 6.45) is 0. The molecule has 0 saturated heterocycles. The molecule has 0 atom stereocenters. The van der Waals surface area contributed by atoms with E-state index in [1.165, 1.54) is 18.7 Å². The molecule has 1 aromatic carbocycles. The van der Waals surface area contributed by atoms with E-state index in [-0.39, 0.29) is 17.0 Å². The van der Waals surface area contributed by atoms with Gasteiger partial charge in [-0.1, -0.05) is 18.2 Å². The fourth-order valence-electron chi connectivity index (χ4n) is 2.42. The van der Waals surface area contributed by atoms with Gasteiger partial charge < -0.3 is 0 Å². The van der Waals surface area contributed by atoms with Crippen LogP contribution < -0.4 is 28.1 Å². The molecule has 3 N–H and O–H groups in total. The number of aryl methyl sites for hydroxylation is 1. The third-order valence-corrected chi connectivity index (χ3v) is 3.62. The fraction of sp³-hybridized carbons (Fsp3) is 0.143. The molecule has 0 aliphatic rings. The van der Waals surface area contributed by atoms with Crippen LogP contribution in [0.3, 0.4) is 0 Å². The number of nitrogens with zero attached hydrogens (tertiary/aromatic N) is 4. The van der Waals surface area contributed by atoms with Crippen molar-refractivity contribution in [1.82, 2.24) is 18.7 Å². The van der Waals surface area contributed by atoms with Gasteiger partial charge in [0.1, 0.15) is 5.39 Å². The Kier molecular flexibility index (Phi) is 3.34. The number of nitrogens with one attached hydrogen (secondary N) is 1. The van der Waals surface area contributed by atoms with Crippen LogP contribution in [0.15, 0.2) is 44.7 Å². The second-order valence-corrected chi connectivity index (χ2v) is 4.96. The van der Waals surface area contributed by atoms with E-state index < -0.39 is 16.8 Å². The summed E-state index contributed by atoms with van der Waals surface area (Å²) in [4.78, 5) is 41.4. The lowest BCUT2D eigenvalue weighted by Crippen LogP contribution is -2.41. The van der Waals surface area contributed by atoms with Crippen molar-refractivity contribution in [2.75, 3.05) is 5.43 Å². The zero-order chi connectivity index (χ0) is 16.7. The summed E-state index contributed by atoms with van der Waals surface area (Å²) in [7, 11) is 2.75. The van der Waals surface area contributed by atoms with Gasteiger partial charge in [-0.2, -0.15) is 4.98 Å². The van der Waals surface area contributed by atoms with E-state index in [0.717, 1.165) is 9.13 Å². The van der Waals surface area contributed by atoms with Gasteiger partial charge in [0.25, 0.3) is 11.1 Å². The highest BCUT2D eigenvalue weighted by Gasteiger charge is 2.18. The molecule has 9 heteroatoms. The number of hydrogen-bond donors (Lipinski definition) is 2. The van der Waals surface area contributed by atoms with E-state index in [2.05, 4.69) is 10.4 Å². The van der Waals surface area contributed by atoms with E-state index in [1.54, 1.807) is 30.3 Å². The number of para-hydroxylation sites is 1. The minimum atomic E-state index is -0.700. The second-order valence-electron chi connectivity index (χ2n) is 4.96. The Labute approximate surface area is 129 Å². The van der Waals surface area contributed by atoms with Crippen LogP contribution in [0.5, 0.6) is 0 Å². The molecule has 0 bridgehead atoms. The Morgan fingerprint density at radius 3 is 2.26 bits per heavy atom. The monoisotopic (exact) mass is 314 g/mol. The van der Waals surface area contributed by atoms with Crippen molar-refractivity contribution in [3.63, 3.8) is 0 Å². The zero-order valence-corrected chi connectivity index (χ0v) is 12.5. The van der Waals surface area contributed by atoms with Crippen LogP contribution >= 0.6 is 0 Å². The standard InChI is InChI=1S/C14H14N6O3/c1-18-10-9(11(21)19(2)14(18)23)12(22)20(13(16-10)17-15)8-6-4-3-5-7-8/h3-7H,15H2,1-2H3,(H,16,17). The summed E-state index contributed by atoms with van der Waals surface area (Å²) < 4.78 is 3.19. The van der Waals surface area contributed by atoms with Crippen LogP contribution in [0.4, 0.5) is 5.95 Å². The maximum Gasteiger partial charge on any atom is 0.332 e. The lowest BCUT2D eigenvalue weighted by atomic mass is 10.3. The number of hydrogen-bond acceptors (Lipinski definition) is 6. The predicted octanol–water partition coefficient (Wildman–Crippen LogP) is -0.931. The van der Waals surface area contributed by atoms with E-state index in [9.17, 15) is 14.4 Å². The number of aromatic nitrogens is 4. The Hall–Kier alpha value is -3.20. The first-order valence-corrected chi connectivity index (χ1v) is 6.72. The average Bonchev–Trinajstić information content (AvgIpc) is 2.57. The van der Waals surface area contributed by atoms with Gasteiger partial charge in [0.05, 0.1) is 5.69 Å². The third-order valence-electron chi connectivity index (χ3n) is 3.62. The number of anilines is 1. The highest BCUT2D eigenvalue weighted by molar-refractivity contribution is 5.75. The Bertz CT molecular complexity index is 1080. The first kappa shape index (κ1) is 14.7. The third kappa shape index (κ3) is 2.06. The molecule has 3 rings (SSSR count). The molecule has 9 nitrogen and oxygen atoms in total. The molecule has 0 aliphatic carbocycles. The highest BCUT2D eigenvalue weighted by Crippen LogP contribution is 2.12. The van der Waals surface area contributed by atoms with Gasteiger partial charge >= 0.3 is 5.69 Å². The Morgan fingerprint density at radius 1 is 1.00 bits per heavy atom. The van der Waals surface area contributed by atoms with Crippen molar-refractivity contribution < 1.29 is 0 Å². The molecule has 0 saturated carbocycles. The van der Waals surface area contributed by atoms with Crippen LogP contribution in [-0.2, 0) is 14.1 Å². The largest absolute Gasteiger partial charge is 0.332 e. The topological polar surface area (TPSA) is 117 Å². The summed E-state index contributed by atoms with van der Waals surface area (Å²) in [5, 5.41) is -0.183. The van der Waals surface area contributed by atoms with Crippen LogP contribution in [0.25, 0.3) is 16.7 Å². The normalized spacial score (nSPS) is 10.9. The molecule has 2 heterocycles. The Balaban J connectivity index is 2.59. The SMILES string of the molecule is Cn1c(=O)c2c(=O)n(-c3ccccc3)c(NN)nc2n(C)c1=O. The quantitative estimate of drug-likeness (QED) is 0.466. The van der Waals surface area contributed by atoms with Crippen molar-refractivity contribution >= 4 is 17.0 Å². The maximum atomic E-state index is 12.8. The fourth-order valence-corrected chi connectivity index (χ4v) is 2.42. The molecule has 118 valence electrons. The average molecular weight is 314 g/mol. The van der Waals surface area contributed by atoms with Gasteiger partial charge in [0, 0.05) is 14.1 Å². The van der Waals surface area contributed by atoms with Crippen LogP contribution in [0, 0.1) is 0 Å². The number of fused-ring (bicyclic) bond motifs is 1. The first-order valence-electron chi connectivity index (χ1n) is 6.72. The molecular weight excluding hydrogens is 300 g/mol. The molecule has 2 aromatic heterocycles. The second kappa shape index (κ2) is 5.21. The molecule has 0 amide bonds. The molecular formula is C14H14N6O3. The van der Waals surface area contributed by atoms with Crippen molar-refractivity contribution in [2.24, 2.45) is 19.9 Å². The van der Waals surface area contributed by atoms with Gasteiger partial charge in [-0.15, -0.1) is 0 Å². The van der Waals surface area contributed by atoms with Gasteiger partial charge in [-0.3, -0.25) is 24.1 Å². The van der Waals surface area contributed by atoms with Gasteiger partial charge in [-0.05, 0) is 12.1 Å². The van der Waals surface area contributed by atoms with Gasteiger partial charge in [0.2, 0.25) is 5.95 Å². The Morgan fingerprint density at radius 2 is 1.65 bits per heavy atom. The minimum Gasteiger partial charge on any atom is -0.293 e. The molecule has 23 heavy (non-hydrogen) atoms. The van der Waals surface area contributed by atoms with Crippen molar-refractivity contribution in [1.29, 1.82) is 0 Å². The first-order chi connectivity index (χ1) is 11.0. The lowest BCUT2D eigenvalue weighted by molar-refractivity contribution is 0.703. The smallest absolute Gasteiger partial charge is 0.293 e. The van der Waals surface area contributed by atoms with Crippen molar-refractivity contribution in [2.45, 2.75) is 0 Å². The van der Waals surface area contributed by atoms with Crippen LogP contribution in [0.2, 0.25) is 0 Å². The van der Waals surface area contributed by atoms with E-state index >= 15 is 0 Å². The van der Waals surface area contributed by atoms with Crippen molar-refractivity contribution in [3.8, 4) is 5.69 Å². The van der Waals surface area contributed by atoms with Gasteiger partial charge in [-0.25, -0.2) is 15.2 Å². The molecule has 0 unspecified atom stereocenters. The number of nitrogens with two attached hydrogens (primary N) is 1. The number of rotatable bonds is 2. The summed E-state index contributed by atoms with van der Waals surface area (Å²) in [5.41, 5.74) is 0.926. The van der Waals surface area contributed by atoms with Gasteiger partial charge in [0.15, 0.2) is 5.65 Å². The predicted molar refractivity (Wildman–Crippen MR) is 85.6 cm³/mol. The summed E-state index contributed by atoms with van der Waals surface area (Å²) in [5.74, 6) is 5.49. The number of benzene rings is 1. The summed E-state index contributed by atoms with van der Waals surface area (Å²) in [6, 6.07) is 8.64. The number of nitrogen functional groups attached to an aromatic ring is 1. The molecule has 0 fully saturated rings. The molecule has 0 radical (unpaired) electrons. The summed E-state index contributed by atoms with van der Waals surface area (Å²) in [6.45, 7) is 0. The molecule has 0 spiro atoms. The van der Waals surface area contributed by atoms with E-state index in [1.807, 2.05) is 0 Å². The minimum absolute atomic E-state index is 0.0248. The lowest BCUT2D eigenvalue weighted by Gasteiger charge is -2.14. The van der Waals surface area contributed by atoms with Crippen LogP contribution in [0.1, 0.15) is 0 Å².